The molecule has 0 aromatic heterocycles. The number of hydrogen-bond donors (Lipinski definition) is 0. The van der Waals surface area contributed by atoms with Crippen molar-refractivity contribution < 1.29 is 12.8 Å². The average Bonchev–Trinajstić information content (AvgIpc) is 2.47. The Labute approximate surface area is 116 Å². The van der Waals surface area contributed by atoms with Crippen molar-refractivity contribution in [2.45, 2.75) is 4.90 Å². The van der Waals surface area contributed by atoms with Gasteiger partial charge in [-0.2, -0.15) is 5.26 Å². The molecule has 0 saturated heterocycles. The van der Waals surface area contributed by atoms with Gasteiger partial charge in [-0.15, -0.1) is 0 Å². The molecule has 0 saturated carbocycles. The monoisotopic (exact) mass is 290 g/mol. The summed E-state index contributed by atoms with van der Waals surface area (Å²) in [7, 11) is -2.34. The molecule has 0 aliphatic heterocycles. The fraction of sp³-hybridized carbons (Fsp3) is 0.0714. The molecule has 2 aromatic carbocycles. The second kappa shape index (κ2) is 5.31. The lowest BCUT2D eigenvalue weighted by atomic mass is 10.2. The van der Waals surface area contributed by atoms with E-state index in [1.165, 1.54) is 55.6 Å². The van der Waals surface area contributed by atoms with Gasteiger partial charge in [-0.05, 0) is 48.5 Å². The zero-order chi connectivity index (χ0) is 14.8. The molecule has 2 aromatic rings. The third-order valence-corrected chi connectivity index (χ3v) is 4.63. The molecule has 4 nitrogen and oxygen atoms in total. The van der Waals surface area contributed by atoms with Crippen LogP contribution in [0.2, 0.25) is 0 Å². The highest BCUT2D eigenvalue weighted by Gasteiger charge is 2.21. The van der Waals surface area contributed by atoms with E-state index in [0.717, 1.165) is 4.31 Å². The van der Waals surface area contributed by atoms with Crippen LogP contribution in [0.15, 0.2) is 53.4 Å². The van der Waals surface area contributed by atoms with Gasteiger partial charge >= 0.3 is 0 Å². The molecule has 20 heavy (non-hydrogen) atoms. The van der Waals surface area contributed by atoms with E-state index >= 15 is 0 Å². The Morgan fingerprint density at radius 3 is 2.10 bits per heavy atom. The van der Waals surface area contributed by atoms with Crippen molar-refractivity contribution in [2.75, 3.05) is 11.4 Å². The van der Waals surface area contributed by atoms with Gasteiger partial charge in [-0.1, -0.05) is 0 Å². The summed E-state index contributed by atoms with van der Waals surface area (Å²) in [5, 5.41) is 8.70. The Morgan fingerprint density at radius 2 is 1.60 bits per heavy atom. The van der Waals surface area contributed by atoms with Crippen molar-refractivity contribution in [3.05, 3.63) is 59.9 Å². The molecule has 0 N–H and O–H groups in total. The molecule has 102 valence electrons. The highest BCUT2D eigenvalue weighted by atomic mass is 32.2. The fourth-order valence-electron chi connectivity index (χ4n) is 1.65. The lowest BCUT2D eigenvalue weighted by molar-refractivity contribution is 0.594. The minimum absolute atomic E-state index is 0.0725. The molecule has 0 aliphatic carbocycles. The first-order valence-corrected chi connectivity index (χ1v) is 7.14. The van der Waals surface area contributed by atoms with E-state index in [-0.39, 0.29) is 4.90 Å². The van der Waals surface area contributed by atoms with Crippen molar-refractivity contribution in [3.8, 4) is 6.07 Å². The summed E-state index contributed by atoms with van der Waals surface area (Å²) in [6, 6.07) is 12.7. The Morgan fingerprint density at radius 1 is 1.05 bits per heavy atom. The number of halogens is 1. The molecule has 0 heterocycles. The highest BCUT2D eigenvalue weighted by Crippen LogP contribution is 2.22. The van der Waals surface area contributed by atoms with Crippen molar-refractivity contribution >= 4 is 15.7 Å². The summed E-state index contributed by atoms with van der Waals surface area (Å²) < 4.78 is 38.7. The molecular formula is C14H11FN2O2S. The summed E-state index contributed by atoms with van der Waals surface area (Å²) in [5.74, 6) is -0.432. The van der Waals surface area contributed by atoms with Gasteiger partial charge in [0.05, 0.1) is 22.2 Å². The quantitative estimate of drug-likeness (QED) is 0.872. The van der Waals surface area contributed by atoms with Crippen LogP contribution >= 0.6 is 0 Å². The van der Waals surface area contributed by atoms with Crippen LogP contribution in [0.5, 0.6) is 0 Å². The fourth-order valence-corrected chi connectivity index (χ4v) is 2.84. The second-order valence-corrected chi connectivity index (χ2v) is 6.05. The van der Waals surface area contributed by atoms with Crippen LogP contribution in [0.1, 0.15) is 5.56 Å². The van der Waals surface area contributed by atoms with Gasteiger partial charge in [0.1, 0.15) is 5.82 Å². The predicted molar refractivity (Wildman–Crippen MR) is 73.1 cm³/mol. The Hall–Kier alpha value is -2.39. The number of nitrogens with zero attached hydrogens (tertiary/aromatic N) is 2. The Kier molecular flexibility index (Phi) is 3.72. The molecule has 2 rings (SSSR count). The maximum Gasteiger partial charge on any atom is 0.264 e. The molecule has 0 spiro atoms. The average molecular weight is 290 g/mol. The van der Waals surface area contributed by atoms with Crippen molar-refractivity contribution in [1.29, 1.82) is 5.26 Å². The first-order valence-electron chi connectivity index (χ1n) is 5.70. The largest absolute Gasteiger partial charge is 0.269 e. The number of hydrogen-bond acceptors (Lipinski definition) is 3. The van der Waals surface area contributed by atoms with Crippen LogP contribution < -0.4 is 4.31 Å². The van der Waals surface area contributed by atoms with Crippen molar-refractivity contribution in [3.63, 3.8) is 0 Å². The molecule has 6 heteroatoms. The van der Waals surface area contributed by atoms with Crippen LogP contribution in [0.4, 0.5) is 10.1 Å². The van der Waals surface area contributed by atoms with E-state index in [0.29, 0.717) is 11.3 Å². The number of anilines is 1. The number of nitriles is 1. The van der Waals surface area contributed by atoms with Gasteiger partial charge in [0.2, 0.25) is 0 Å². The molecule has 0 atom stereocenters. The molecule has 0 bridgehead atoms. The summed E-state index contributed by atoms with van der Waals surface area (Å²) in [6.07, 6.45) is 0. The highest BCUT2D eigenvalue weighted by molar-refractivity contribution is 7.92. The zero-order valence-electron chi connectivity index (χ0n) is 10.6. The molecular weight excluding hydrogens is 279 g/mol. The predicted octanol–water partition coefficient (Wildman–Crippen LogP) is 2.52. The molecule has 0 fully saturated rings. The summed E-state index contributed by atoms with van der Waals surface area (Å²) in [5.41, 5.74) is 0.740. The van der Waals surface area contributed by atoms with Gasteiger partial charge in [0.15, 0.2) is 0 Å². The van der Waals surface area contributed by atoms with Crippen LogP contribution in [0.3, 0.4) is 0 Å². The van der Waals surface area contributed by atoms with Crippen LogP contribution in [0, 0.1) is 17.1 Å². The van der Waals surface area contributed by atoms with Gasteiger partial charge < -0.3 is 0 Å². The van der Waals surface area contributed by atoms with Crippen LogP contribution in [-0.2, 0) is 10.0 Å². The van der Waals surface area contributed by atoms with E-state index in [4.69, 9.17) is 5.26 Å². The maximum atomic E-state index is 12.9. The van der Waals surface area contributed by atoms with Gasteiger partial charge in [-0.25, -0.2) is 12.8 Å². The third-order valence-electron chi connectivity index (χ3n) is 2.83. The van der Waals surface area contributed by atoms with E-state index in [9.17, 15) is 12.8 Å². The van der Waals surface area contributed by atoms with E-state index in [1.54, 1.807) is 0 Å². The number of sulfonamides is 1. The summed E-state index contributed by atoms with van der Waals surface area (Å²) >= 11 is 0. The van der Waals surface area contributed by atoms with E-state index in [1.807, 2.05) is 6.07 Å². The van der Waals surface area contributed by atoms with Crippen LogP contribution in [0.25, 0.3) is 0 Å². The number of benzene rings is 2. The lowest BCUT2D eigenvalue weighted by Gasteiger charge is -2.19. The summed E-state index contributed by atoms with van der Waals surface area (Å²) in [4.78, 5) is 0.0725. The SMILES string of the molecule is CN(c1ccc(F)cc1)S(=O)(=O)c1ccc(C#N)cc1. The lowest BCUT2D eigenvalue weighted by Crippen LogP contribution is -2.26. The van der Waals surface area contributed by atoms with Crippen molar-refractivity contribution in [1.82, 2.24) is 0 Å². The van der Waals surface area contributed by atoms with Gasteiger partial charge in [0.25, 0.3) is 10.0 Å². The number of rotatable bonds is 3. The standard InChI is InChI=1S/C14H11FN2O2S/c1-17(13-6-4-12(15)5-7-13)20(18,19)14-8-2-11(10-16)3-9-14/h2-9H,1H3. The Balaban J connectivity index is 2.38. The van der Waals surface area contributed by atoms with E-state index in [2.05, 4.69) is 0 Å². The smallest absolute Gasteiger partial charge is 0.264 e. The molecule has 0 amide bonds. The minimum Gasteiger partial charge on any atom is -0.269 e. The minimum atomic E-state index is -3.73. The zero-order valence-corrected chi connectivity index (χ0v) is 11.4. The second-order valence-electron chi connectivity index (χ2n) is 4.09. The van der Waals surface area contributed by atoms with E-state index < -0.39 is 15.8 Å². The third kappa shape index (κ3) is 2.63. The van der Waals surface area contributed by atoms with Crippen LogP contribution in [-0.4, -0.2) is 15.5 Å². The first kappa shape index (κ1) is 14.0. The molecule has 0 aliphatic rings. The summed E-state index contributed by atoms with van der Waals surface area (Å²) in [6.45, 7) is 0. The van der Waals surface area contributed by atoms with Gasteiger partial charge in [-0.3, -0.25) is 4.31 Å². The maximum absolute atomic E-state index is 12.9. The molecule has 0 unspecified atom stereocenters. The first-order chi connectivity index (χ1) is 9.45. The Bertz CT molecular complexity index is 747. The topological polar surface area (TPSA) is 61.2 Å². The van der Waals surface area contributed by atoms with Crippen molar-refractivity contribution in [2.24, 2.45) is 0 Å². The van der Waals surface area contributed by atoms with Gasteiger partial charge in [0, 0.05) is 7.05 Å². The normalized spacial score (nSPS) is 10.8. The molecule has 0 radical (unpaired) electrons.